The molecule has 0 spiro atoms. The molecule has 0 aliphatic heterocycles. The highest BCUT2D eigenvalue weighted by Gasteiger charge is 2.23. The topological polar surface area (TPSA) is 98.2 Å². The van der Waals surface area contributed by atoms with E-state index in [1.807, 2.05) is 0 Å². The molecule has 5 nitrogen and oxygen atoms in total. The van der Waals surface area contributed by atoms with Crippen LogP contribution in [0, 0.1) is 11.7 Å². The molecule has 0 saturated carbocycles. The summed E-state index contributed by atoms with van der Waals surface area (Å²) in [6.07, 6.45) is 0. The SMILES string of the molecule is CC(C)C(NC(=O)c1ccc(F)cc1N)C(N)=O. The van der Waals surface area contributed by atoms with Gasteiger partial charge < -0.3 is 16.8 Å². The number of halogens is 1. The quantitative estimate of drug-likeness (QED) is 0.687. The third-order valence-electron chi connectivity index (χ3n) is 2.52. The molecule has 0 aliphatic rings. The summed E-state index contributed by atoms with van der Waals surface area (Å²) in [6.45, 7) is 3.51. The van der Waals surface area contributed by atoms with Gasteiger partial charge in [-0.05, 0) is 24.1 Å². The van der Waals surface area contributed by atoms with Gasteiger partial charge in [-0.15, -0.1) is 0 Å². The molecule has 98 valence electrons. The van der Waals surface area contributed by atoms with Crippen LogP contribution < -0.4 is 16.8 Å². The van der Waals surface area contributed by atoms with Crippen molar-refractivity contribution in [1.82, 2.24) is 5.32 Å². The molecule has 0 bridgehead atoms. The Hall–Kier alpha value is -2.11. The lowest BCUT2D eigenvalue weighted by atomic mass is 10.0. The zero-order valence-corrected chi connectivity index (χ0v) is 10.2. The van der Waals surface area contributed by atoms with Crippen LogP contribution >= 0.6 is 0 Å². The maximum atomic E-state index is 12.8. The Balaban J connectivity index is 2.91. The summed E-state index contributed by atoms with van der Waals surface area (Å²) < 4.78 is 12.8. The van der Waals surface area contributed by atoms with Gasteiger partial charge in [0.1, 0.15) is 11.9 Å². The summed E-state index contributed by atoms with van der Waals surface area (Å²) in [6, 6.07) is 2.64. The van der Waals surface area contributed by atoms with Crippen LogP contribution in [0.4, 0.5) is 10.1 Å². The van der Waals surface area contributed by atoms with Gasteiger partial charge in [0.2, 0.25) is 5.91 Å². The molecule has 0 aliphatic carbocycles. The van der Waals surface area contributed by atoms with Crippen molar-refractivity contribution in [3.63, 3.8) is 0 Å². The number of hydrogen-bond donors (Lipinski definition) is 3. The van der Waals surface area contributed by atoms with Gasteiger partial charge in [0.05, 0.1) is 5.56 Å². The molecular formula is C12H16FN3O2. The van der Waals surface area contributed by atoms with Crippen molar-refractivity contribution in [2.45, 2.75) is 19.9 Å². The van der Waals surface area contributed by atoms with Gasteiger partial charge in [-0.1, -0.05) is 13.8 Å². The van der Waals surface area contributed by atoms with E-state index in [9.17, 15) is 14.0 Å². The van der Waals surface area contributed by atoms with Crippen LogP contribution in [0.5, 0.6) is 0 Å². The van der Waals surface area contributed by atoms with Crippen molar-refractivity contribution in [2.75, 3.05) is 5.73 Å². The molecule has 1 rings (SSSR count). The summed E-state index contributed by atoms with van der Waals surface area (Å²) in [5.41, 5.74) is 10.8. The van der Waals surface area contributed by atoms with Gasteiger partial charge in [0, 0.05) is 5.69 Å². The summed E-state index contributed by atoms with van der Waals surface area (Å²) in [4.78, 5) is 23.0. The summed E-state index contributed by atoms with van der Waals surface area (Å²) in [7, 11) is 0. The van der Waals surface area contributed by atoms with Gasteiger partial charge in [-0.2, -0.15) is 0 Å². The molecule has 0 aromatic heterocycles. The second-order valence-corrected chi connectivity index (χ2v) is 4.33. The molecule has 5 N–H and O–H groups in total. The fourth-order valence-electron chi connectivity index (χ4n) is 1.53. The fourth-order valence-corrected chi connectivity index (χ4v) is 1.53. The van der Waals surface area contributed by atoms with Crippen molar-refractivity contribution in [3.8, 4) is 0 Å². The van der Waals surface area contributed by atoms with Crippen LogP contribution in [0.15, 0.2) is 18.2 Å². The molecule has 1 atom stereocenters. The number of nitrogen functional groups attached to an aromatic ring is 1. The molecule has 1 aromatic rings. The molecule has 0 heterocycles. The van der Waals surface area contributed by atoms with Crippen LogP contribution in [0.1, 0.15) is 24.2 Å². The number of rotatable bonds is 4. The van der Waals surface area contributed by atoms with Gasteiger partial charge in [0.25, 0.3) is 5.91 Å². The van der Waals surface area contributed by atoms with Gasteiger partial charge in [-0.25, -0.2) is 4.39 Å². The maximum Gasteiger partial charge on any atom is 0.254 e. The number of anilines is 1. The average Bonchev–Trinajstić information content (AvgIpc) is 2.24. The van der Waals surface area contributed by atoms with Crippen LogP contribution in [0.2, 0.25) is 0 Å². The highest BCUT2D eigenvalue weighted by atomic mass is 19.1. The number of carbonyl (C=O) groups excluding carboxylic acids is 2. The third kappa shape index (κ3) is 3.19. The standard InChI is InChI=1S/C12H16FN3O2/c1-6(2)10(11(15)17)16-12(18)8-4-3-7(13)5-9(8)14/h3-6,10H,14H2,1-2H3,(H2,15,17)(H,16,18). The maximum absolute atomic E-state index is 12.8. The summed E-state index contributed by atoms with van der Waals surface area (Å²) >= 11 is 0. The normalized spacial score (nSPS) is 12.2. The first-order valence-electron chi connectivity index (χ1n) is 5.48. The minimum atomic E-state index is -0.790. The Morgan fingerprint density at radius 2 is 1.94 bits per heavy atom. The number of nitrogens with two attached hydrogens (primary N) is 2. The van der Waals surface area contributed by atoms with Crippen LogP contribution in [0.3, 0.4) is 0 Å². The zero-order valence-electron chi connectivity index (χ0n) is 10.2. The molecule has 18 heavy (non-hydrogen) atoms. The molecule has 0 radical (unpaired) electrons. The number of carbonyl (C=O) groups is 2. The fraction of sp³-hybridized carbons (Fsp3) is 0.333. The predicted octanol–water partition coefficient (Wildman–Crippen LogP) is 0.648. The van der Waals surface area contributed by atoms with Crippen molar-refractivity contribution < 1.29 is 14.0 Å². The largest absolute Gasteiger partial charge is 0.398 e. The van der Waals surface area contributed by atoms with E-state index in [0.717, 1.165) is 12.1 Å². The Labute approximate surface area is 104 Å². The van der Waals surface area contributed by atoms with Gasteiger partial charge in [0.15, 0.2) is 0 Å². The molecule has 0 saturated heterocycles. The summed E-state index contributed by atoms with van der Waals surface area (Å²) in [5.74, 6) is -1.85. The Morgan fingerprint density at radius 3 is 2.39 bits per heavy atom. The zero-order chi connectivity index (χ0) is 13.9. The van der Waals surface area contributed by atoms with Crippen LogP contribution in [-0.4, -0.2) is 17.9 Å². The Morgan fingerprint density at radius 1 is 1.33 bits per heavy atom. The van der Waals surface area contributed by atoms with E-state index in [0.29, 0.717) is 0 Å². The molecule has 1 unspecified atom stereocenters. The van der Waals surface area contributed by atoms with E-state index in [2.05, 4.69) is 5.32 Å². The number of nitrogens with one attached hydrogen (secondary N) is 1. The van der Waals surface area contributed by atoms with Crippen molar-refractivity contribution in [2.24, 2.45) is 11.7 Å². The van der Waals surface area contributed by atoms with Gasteiger partial charge >= 0.3 is 0 Å². The van der Waals surface area contributed by atoms with E-state index in [1.165, 1.54) is 6.07 Å². The second-order valence-electron chi connectivity index (χ2n) is 4.33. The third-order valence-corrected chi connectivity index (χ3v) is 2.52. The van der Waals surface area contributed by atoms with E-state index < -0.39 is 23.7 Å². The smallest absolute Gasteiger partial charge is 0.254 e. The first kappa shape index (κ1) is 14.0. The average molecular weight is 253 g/mol. The number of amides is 2. The predicted molar refractivity (Wildman–Crippen MR) is 66.1 cm³/mol. The van der Waals surface area contributed by atoms with Crippen molar-refractivity contribution in [1.29, 1.82) is 0 Å². The van der Waals surface area contributed by atoms with Crippen LogP contribution in [-0.2, 0) is 4.79 Å². The number of hydrogen-bond acceptors (Lipinski definition) is 3. The Bertz CT molecular complexity index is 474. The van der Waals surface area contributed by atoms with Gasteiger partial charge in [-0.3, -0.25) is 9.59 Å². The summed E-state index contributed by atoms with van der Waals surface area (Å²) in [5, 5.41) is 2.48. The molecule has 0 fully saturated rings. The minimum Gasteiger partial charge on any atom is -0.398 e. The van der Waals surface area contributed by atoms with Crippen molar-refractivity contribution >= 4 is 17.5 Å². The van der Waals surface area contributed by atoms with E-state index in [4.69, 9.17) is 11.5 Å². The molecule has 2 amide bonds. The highest BCUT2D eigenvalue weighted by Crippen LogP contribution is 2.14. The molecule has 6 heteroatoms. The van der Waals surface area contributed by atoms with Crippen molar-refractivity contribution in [3.05, 3.63) is 29.6 Å². The van der Waals surface area contributed by atoms with E-state index in [-0.39, 0.29) is 17.2 Å². The lowest BCUT2D eigenvalue weighted by molar-refractivity contribution is -0.120. The highest BCUT2D eigenvalue weighted by molar-refractivity contribution is 6.01. The number of benzene rings is 1. The molecular weight excluding hydrogens is 237 g/mol. The van der Waals surface area contributed by atoms with Crippen LogP contribution in [0.25, 0.3) is 0 Å². The lowest BCUT2D eigenvalue weighted by Crippen LogP contribution is -2.47. The monoisotopic (exact) mass is 253 g/mol. The van der Waals surface area contributed by atoms with E-state index in [1.54, 1.807) is 13.8 Å². The lowest BCUT2D eigenvalue weighted by Gasteiger charge is -2.19. The van der Waals surface area contributed by atoms with E-state index >= 15 is 0 Å². The Kier molecular flexibility index (Phi) is 4.25. The second kappa shape index (κ2) is 5.48. The first-order chi connectivity index (χ1) is 8.32. The first-order valence-corrected chi connectivity index (χ1v) is 5.48. The number of primary amides is 1. The minimum absolute atomic E-state index is 0.0134. The molecule has 1 aromatic carbocycles.